The fourth-order valence-electron chi connectivity index (χ4n) is 1.67. The first-order valence-electron chi connectivity index (χ1n) is 6.42. The van der Waals surface area contributed by atoms with Crippen molar-refractivity contribution in [2.24, 2.45) is 0 Å². The fourth-order valence-corrected chi connectivity index (χ4v) is 2.52. The number of hydrogen-bond donors (Lipinski definition) is 1. The van der Waals surface area contributed by atoms with Crippen LogP contribution in [0, 0.1) is 6.92 Å². The molecule has 0 aromatic carbocycles. The standard InChI is InChI=1S/C7H6N2O2S.C6H15N/c1-4-3-12-7-8-5(6(10)11)2-9(4)7;1-4-7(5-2)6-3/h2-3H,1H3,(H,10,11);4-6H2,1-3H3. The van der Waals surface area contributed by atoms with E-state index >= 15 is 0 Å². The van der Waals surface area contributed by atoms with E-state index < -0.39 is 5.97 Å². The van der Waals surface area contributed by atoms with Gasteiger partial charge in [0.15, 0.2) is 10.7 Å². The molecule has 0 unspecified atom stereocenters. The minimum atomic E-state index is -0.981. The van der Waals surface area contributed by atoms with Crippen molar-refractivity contribution in [2.45, 2.75) is 27.7 Å². The van der Waals surface area contributed by atoms with Gasteiger partial charge < -0.3 is 10.0 Å². The minimum absolute atomic E-state index is 0.102. The zero-order valence-corrected chi connectivity index (χ0v) is 12.7. The summed E-state index contributed by atoms with van der Waals surface area (Å²) >= 11 is 1.44. The van der Waals surface area contributed by atoms with Gasteiger partial charge in [0.25, 0.3) is 0 Å². The summed E-state index contributed by atoms with van der Waals surface area (Å²) in [5.74, 6) is -0.981. The number of aryl methyl sites for hydroxylation is 1. The molecule has 106 valence electrons. The second kappa shape index (κ2) is 7.25. The number of aromatic nitrogens is 2. The molecular formula is C13H21N3O2S. The molecule has 0 atom stereocenters. The predicted molar refractivity (Wildman–Crippen MR) is 78.2 cm³/mol. The summed E-state index contributed by atoms with van der Waals surface area (Å²) in [5, 5.41) is 10.6. The van der Waals surface area contributed by atoms with Crippen molar-refractivity contribution >= 4 is 22.3 Å². The van der Waals surface area contributed by atoms with E-state index in [0.717, 1.165) is 10.7 Å². The molecule has 2 rings (SSSR count). The van der Waals surface area contributed by atoms with E-state index in [-0.39, 0.29) is 5.69 Å². The lowest BCUT2D eigenvalue weighted by Gasteiger charge is -2.13. The third kappa shape index (κ3) is 4.04. The van der Waals surface area contributed by atoms with Crippen molar-refractivity contribution < 1.29 is 9.90 Å². The van der Waals surface area contributed by atoms with E-state index in [1.807, 2.05) is 12.3 Å². The van der Waals surface area contributed by atoms with Crippen molar-refractivity contribution in [3.8, 4) is 0 Å². The number of aromatic carboxylic acids is 1. The maximum Gasteiger partial charge on any atom is 0.356 e. The fraction of sp³-hybridized carbons (Fsp3) is 0.538. The van der Waals surface area contributed by atoms with Crippen molar-refractivity contribution in [1.82, 2.24) is 14.3 Å². The second-order valence-electron chi connectivity index (χ2n) is 4.08. The lowest BCUT2D eigenvalue weighted by Crippen LogP contribution is -2.21. The van der Waals surface area contributed by atoms with Crippen LogP contribution in [0.3, 0.4) is 0 Å². The van der Waals surface area contributed by atoms with Crippen LogP contribution < -0.4 is 0 Å². The van der Waals surface area contributed by atoms with Gasteiger partial charge in [-0.15, -0.1) is 11.3 Å². The number of rotatable bonds is 4. The third-order valence-electron chi connectivity index (χ3n) is 2.95. The number of carboxylic acids is 1. The lowest BCUT2D eigenvalue weighted by atomic mass is 10.5. The molecule has 6 heteroatoms. The number of carboxylic acid groups (broad SMARTS) is 1. The van der Waals surface area contributed by atoms with Gasteiger partial charge in [-0.3, -0.25) is 4.40 Å². The lowest BCUT2D eigenvalue weighted by molar-refractivity contribution is 0.0691. The number of thiazole rings is 1. The van der Waals surface area contributed by atoms with Crippen LogP contribution in [0.2, 0.25) is 0 Å². The van der Waals surface area contributed by atoms with Crippen molar-refractivity contribution in [3.63, 3.8) is 0 Å². The molecule has 0 saturated carbocycles. The van der Waals surface area contributed by atoms with Crippen LogP contribution in [-0.2, 0) is 0 Å². The first-order valence-corrected chi connectivity index (χ1v) is 7.30. The number of fused-ring (bicyclic) bond motifs is 1. The first-order chi connectivity index (χ1) is 9.03. The Morgan fingerprint density at radius 1 is 1.37 bits per heavy atom. The van der Waals surface area contributed by atoms with E-state index in [2.05, 4.69) is 30.7 Å². The largest absolute Gasteiger partial charge is 0.476 e. The monoisotopic (exact) mass is 283 g/mol. The molecule has 2 aromatic rings. The summed E-state index contributed by atoms with van der Waals surface area (Å²) in [7, 11) is 0. The van der Waals surface area contributed by atoms with Crippen molar-refractivity contribution in [2.75, 3.05) is 19.6 Å². The van der Waals surface area contributed by atoms with Gasteiger partial charge in [-0.25, -0.2) is 9.78 Å². The Balaban J connectivity index is 0.000000224. The number of nitrogens with zero attached hydrogens (tertiary/aromatic N) is 3. The minimum Gasteiger partial charge on any atom is -0.476 e. The smallest absolute Gasteiger partial charge is 0.356 e. The van der Waals surface area contributed by atoms with Gasteiger partial charge in [-0.1, -0.05) is 20.8 Å². The quantitative estimate of drug-likeness (QED) is 0.937. The summed E-state index contributed by atoms with van der Waals surface area (Å²) in [5.41, 5.74) is 1.11. The molecule has 0 aliphatic heterocycles. The van der Waals surface area contributed by atoms with Crippen LogP contribution in [0.15, 0.2) is 11.6 Å². The average molecular weight is 283 g/mol. The van der Waals surface area contributed by atoms with Gasteiger partial charge >= 0.3 is 5.97 Å². The SMILES string of the molecule is CCN(CC)CC.Cc1csc2nc(C(=O)O)cn12. The van der Waals surface area contributed by atoms with Crippen LogP contribution in [0.5, 0.6) is 0 Å². The Morgan fingerprint density at radius 3 is 2.32 bits per heavy atom. The molecule has 2 heterocycles. The van der Waals surface area contributed by atoms with Gasteiger partial charge in [0.2, 0.25) is 0 Å². The van der Waals surface area contributed by atoms with Gasteiger partial charge in [0, 0.05) is 17.3 Å². The van der Waals surface area contributed by atoms with Crippen LogP contribution in [0.25, 0.3) is 4.96 Å². The zero-order chi connectivity index (χ0) is 14.4. The molecule has 1 N–H and O–H groups in total. The summed E-state index contributed by atoms with van der Waals surface area (Å²) in [6.45, 7) is 12.0. The summed E-state index contributed by atoms with van der Waals surface area (Å²) in [6, 6.07) is 0. The Kier molecular flexibility index (Phi) is 5.98. The van der Waals surface area contributed by atoms with Gasteiger partial charge in [0.05, 0.1) is 0 Å². The Bertz CT molecular complexity index is 523. The molecule has 0 amide bonds. The molecule has 0 aliphatic rings. The average Bonchev–Trinajstić information content (AvgIpc) is 2.95. The maximum atomic E-state index is 10.5. The second-order valence-corrected chi connectivity index (χ2v) is 4.92. The van der Waals surface area contributed by atoms with Crippen molar-refractivity contribution in [1.29, 1.82) is 0 Å². The molecule has 19 heavy (non-hydrogen) atoms. The van der Waals surface area contributed by atoms with Crippen LogP contribution in [0.1, 0.15) is 37.0 Å². The molecule has 2 aromatic heterocycles. The van der Waals surface area contributed by atoms with Crippen LogP contribution in [0.4, 0.5) is 0 Å². The van der Waals surface area contributed by atoms with Gasteiger partial charge in [-0.2, -0.15) is 0 Å². The van der Waals surface area contributed by atoms with Gasteiger partial charge in [-0.05, 0) is 26.6 Å². The van der Waals surface area contributed by atoms with E-state index in [1.165, 1.54) is 37.2 Å². The maximum absolute atomic E-state index is 10.5. The van der Waals surface area contributed by atoms with Gasteiger partial charge in [0.1, 0.15) is 0 Å². The summed E-state index contributed by atoms with van der Waals surface area (Å²) in [4.78, 5) is 17.5. The normalized spacial score (nSPS) is 10.6. The third-order valence-corrected chi connectivity index (χ3v) is 3.91. The molecule has 0 fully saturated rings. The first kappa shape index (κ1) is 15.7. The number of hydrogen-bond acceptors (Lipinski definition) is 4. The highest BCUT2D eigenvalue weighted by atomic mass is 32.1. The van der Waals surface area contributed by atoms with Crippen molar-refractivity contribution in [3.05, 3.63) is 23.0 Å². The molecule has 0 bridgehead atoms. The number of imidazole rings is 1. The highest BCUT2D eigenvalue weighted by Gasteiger charge is 2.10. The molecule has 0 spiro atoms. The highest BCUT2D eigenvalue weighted by molar-refractivity contribution is 7.15. The summed E-state index contributed by atoms with van der Waals surface area (Å²) < 4.78 is 1.77. The molecule has 5 nitrogen and oxygen atoms in total. The molecule has 0 radical (unpaired) electrons. The Labute approximate surface area is 117 Å². The van der Waals surface area contributed by atoms with E-state index in [0.29, 0.717) is 0 Å². The van der Waals surface area contributed by atoms with E-state index in [1.54, 1.807) is 4.40 Å². The zero-order valence-electron chi connectivity index (χ0n) is 11.9. The Morgan fingerprint density at radius 2 is 1.95 bits per heavy atom. The van der Waals surface area contributed by atoms with E-state index in [4.69, 9.17) is 5.11 Å². The molecule has 0 aliphatic carbocycles. The van der Waals surface area contributed by atoms with Crippen LogP contribution in [-0.4, -0.2) is 45.0 Å². The highest BCUT2D eigenvalue weighted by Crippen LogP contribution is 2.15. The number of carbonyl (C=O) groups is 1. The van der Waals surface area contributed by atoms with Crippen LogP contribution >= 0.6 is 11.3 Å². The Hall–Kier alpha value is -1.40. The summed E-state index contributed by atoms with van der Waals surface area (Å²) in [6.07, 6.45) is 1.53. The predicted octanol–water partition coefficient (Wildman–Crippen LogP) is 2.75. The molecular weight excluding hydrogens is 262 g/mol. The van der Waals surface area contributed by atoms with E-state index in [9.17, 15) is 4.79 Å². The molecule has 0 saturated heterocycles. The topological polar surface area (TPSA) is 57.8 Å².